The highest BCUT2D eigenvalue weighted by molar-refractivity contribution is 5.89. The Morgan fingerprint density at radius 3 is 2.68 bits per heavy atom. The number of ether oxygens (including phenoxy) is 1. The maximum Gasteiger partial charge on any atom is 0.337 e. The predicted molar refractivity (Wildman–Crippen MR) is 74.0 cm³/mol. The van der Waals surface area contributed by atoms with Gasteiger partial charge in [-0.15, -0.1) is 0 Å². The number of aryl methyl sites for hydroxylation is 1. The first-order chi connectivity index (χ1) is 9.24. The van der Waals surface area contributed by atoms with Crippen LogP contribution in [0.1, 0.15) is 35.8 Å². The zero-order valence-electron chi connectivity index (χ0n) is 11.3. The summed E-state index contributed by atoms with van der Waals surface area (Å²) in [7, 11) is 1.38. The van der Waals surface area contributed by atoms with Crippen LogP contribution in [-0.2, 0) is 11.2 Å². The van der Waals surface area contributed by atoms with Gasteiger partial charge in [-0.05, 0) is 31.0 Å². The van der Waals surface area contributed by atoms with Gasteiger partial charge in [-0.25, -0.2) is 4.79 Å². The van der Waals surface area contributed by atoms with Crippen molar-refractivity contribution in [3.63, 3.8) is 0 Å². The summed E-state index contributed by atoms with van der Waals surface area (Å²) in [6.45, 7) is 2.17. The van der Waals surface area contributed by atoms with E-state index in [-0.39, 0.29) is 5.97 Å². The molecular weight excluding hydrogens is 240 g/mol. The standard InChI is InChI=1S/C15H18N2O2/c1-3-4-5-13-10-14(17-16-13)11-6-8-12(9-7-11)15(18)19-2/h6-10H,3-5H2,1-2H3,(H,16,17). The van der Waals surface area contributed by atoms with E-state index >= 15 is 0 Å². The Bertz CT molecular complexity index is 544. The van der Waals surface area contributed by atoms with Crippen LogP contribution < -0.4 is 0 Å². The van der Waals surface area contributed by atoms with Gasteiger partial charge in [0.1, 0.15) is 0 Å². The van der Waals surface area contributed by atoms with Gasteiger partial charge in [-0.1, -0.05) is 25.5 Å². The third kappa shape index (κ3) is 3.22. The molecule has 0 spiro atoms. The summed E-state index contributed by atoms with van der Waals surface area (Å²) in [6.07, 6.45) is 3.34. The fraction of sp³-hybridized carbons (Fsp3) is 0.333. The Kier molecular flexibility index (Phi) is 4.34. The number of benzene rings is 1. The second-order valence-corrected chi connectivity index (χ2v) is 4.45. The summed E-state index contributed by atoms with van der Waals surface area (Å²) in [5.41, 5.74) is 3.59. The molecule has 0 saturated heterocycles. The van der Waals surface area contributed by atoms with Gasteiger partial charge in [0.15, 0.2) is 0 Å². The molecule has 1 aromatic carbocycles. The van der Waals surface area contributed by atoms with Gasteiger partial charge >= 0.3 is 5.97 Å². The number of H-pyrrole nitrogens is 1. The van der Waals surface area contributed by atoms with Crippen molar-refractivity contribution in [1.82, 2.24) is 10.2 Å². The van der Waals surface area contributed by atoms with Crippen LogP contribution in [0.4, 0.5) is 0 Å². The number of rotatable bonds is 5. The van der Waals surface area contributed by atoms with E-state index in [1.54, 1.807) is 12.1 Å². The molecule has 0 saturated carbocycles. The van der Waals surface area contributed by atoms with E-state index in [1.807, 2.05) is 12.1 Å². The third-order valence-electron chi connectivity index (χ3n) is 3.03. The first kappa shape index (κ1) is 13.3. The fourth-order valence-corrected chi connectivity index (χ4v) is 1.90. The van der Waals surface area contributed by atoms with E-state index < -0.39 is 0 Å². The van der Waals surface area contributed by atoms with Crippen LogP contribution >= 0.6 is 0 Å². The minimum Gasteiger partial charge on any atom is -0.465 e. The van der Waals surface area contributed by atoms with Gasteiger partial charge in [0.25, 0.3) is 0 Å². The molecule has 0 atom stereocenters. The second kappa shape index (κ2) is 6.18. The molecule has 0 fully saturated rings. The van der Waals surface area contributed by atoms with Gasteiger partial charge < -0.3 is 4.74 Å². The normalized spacial score (nSPS) is 10.4. The molecule has 1 aromatic heterocycles. The number of carbonyl (C=O) groups excluding carboxylic acids is 1. The molecular formula is C15H18N2O2. The van der Waals surface area contributed by atoms with E-state index in [1.165, 1.54) is 13.5 Å². The molecule has 19 heavy (non-hydrogen) atoms. The number of aromatic nitrogens is 2. The molecule has 0 amide bonds. The van der Waals surface area contributed by atoms with Crippen molar-refractivity contribution in [1.29, 1.82) is 0 Å². The number of hydrogen-bond acceptors (Lipinski definition) is 3. The topological polar surface area (TPSA) is 55.0 Å². The van der Waals surface area contributed by atoms with Crippen molar-refractivity contribution in [3.8, 4) is 11.3 Å². The van der Waals surface area contributed by atoms with Gasteiger partial charge in [-0.3, -0.25) is 5.10 Å². The van der Waals surface area contributed by atoms with Crippen LogP contribution in [0.25, 0.3) is 11.3 Å². The Labute approximate surface area is 112 Å². The number of esters is 1. The second-order valence-electron chi connectivity index (χ2n) is 4.45. The number of methoxy groups -OCH3 is 1. The third-order valence-corrected chi connectivity index (χ3v) is 3.03. The maximum absolute atomic E-state index is 11.3. The highest BCUT2D eigenvalue weighted by atomic mass is 16.5. The van der Waals surface area contributed by atoms with Gasteiger partial charge in [0, 0.05) is 11.3 Å². The molecule has 1 heterocycles. The summed E-state index contributed by atoms with van der Waals surface area (Å²) in [5, 5.41) is 7.34. The lowest BCUT2D eigenvalue weighted by atomic mass is 10.1. The SMILES string of the molecule is CCCCc1cc(-c2ccc(C(=O)OC)cc2)n[nH]1. The highest BCUT2D eigenvalue weighted by Crippen LogP contribution is 2.19. The minimum absolute atomic E-state index is 0.322. The Balaban J connectivity index is 2.13. The number of hydrogen-bond donors (Lipinski definition) is 1. The molecule has 100 valence electrons. The molecule has 0 aliphatic heterocycles. The molecule has 4 heteroatoms. The summed E-state index contributed by atoms with van der Waals surface area (Å²) in [6, 6.07) is 9.32. The maximum atomic E-state index is 11.3. The van der Waals surface area contributed by atoms with Crippen molar-refractivity contribution < 1.29 is 9.53 Å². The predicted octanol–water partition coefficient (Wildman–Crippen LogP) is 3.21. The number of nitrogens with zero attached hydrogens (tertiary/aromatic N) is 1. The zero-order valence-corrected chi connectivity index (χ0v) is 11.3. The number of aromatic amines is 1. The van der Waals surface area contributed by atoms with E-state index in [2.05, 4.69) is 27.9 Å². The molecule has 0 aliphatic rings. The highest BCUT2D eigenvalue weighted by Gasteiger charge is 2.07. The lowest BCUT2D eigenvalue weighted by Gasteiger charge is -2.00. The Morgan fingerprint density at radius 2 is 2.05 bits per heavy atom. The molecule has 2 rings (SSSR count). The van der Waals surface area contributed by atoms with Crippen LogP contribution in [0.15, 0.2) is 30.3 Å². The Hall–Kier alpha value is -2.10. The van der Waals surface area contributed by atoms with Crippen LogP contribution in [0.3, 0.4) is 0 Å². The summed E-state index contributed by atoms with van der Waals surface area (Å²) < 4.78 is 4.67. The zero-order chi connectivity index (χ0) is 13.7. The van der Waals surface area contributed by atoms with Gasteiger partial charge in [0.2, 0.25) is 0 Å². The lowest BCUT2D eigenvalue weighted by Crippen LogP contribution is -2.00. The van der Waals surface area contributed by atoms with Crippen LogP contribution in [-0.4, -0.2) is 23.3 Å². The van der Waals surface area contributed by atoms with Crippen molar-refractivity contribution in [2.24, 2.45) is 0 Å². The summed E-state index contributed by atoms with van der Waals surface area (Å²) >= 11 is 0. The molecule has 1 N–H and O–H groups in total. The van der Waals surface area contributed by atoms with Crippen molar-refractivity contribution in [2.45, 2.75) is 26.2 Å². The van der Waals surface area contributed by atoms with E-state index in [0.717, 1.165) is 29.8 Å². The summed E-state index contributed by atoms with van der Waals surface area (Å²) in [5.74, 6) is -0.322. The van der Waals surface area contributed by atoms with Crippen LogP contribution in [0.2, 0.25) is 0 Å². The molecule has 0 unspecified atom stereocenters. The van der Waals surface area contributed by atoms with E-state index in [0.29, 0.717) is 5.56 Å². The van der Waals surface area contributed by atoms with Crippen molar-refractivity contribution >= 4 is 5.97 Å². The average Bonchev–Trinajstić information content (AvgIpc) is 2.93. The van der Waals surface area contributed by atoms with Gasteiger partial charge in [-0.2, -0.15) is 5.10 Å². The van der Waals surface area contributed by atoms with E-state index in [9.17, 15) is 4.79 Å². The molecule has 0 aliphatic carbocycles. The average molecular weight is 258 g/mol. The van der Waals surface area contributed by atoms with E-state index in [4.69, 9.17) is 0 Å². The Morgan fingerprint density at radius 1 is 1.32 bits per heavy atom. The number of unbranched alkanes of at least 4 members (excludes halogenated alkanes) is 1. The summed E-state index contributed by atoms with van der Waals surface area (Å²) in [4.78, 5) is 11.3. The quantitative estimate of drug-likeness (QED) is 0.838. The first-order valence-electron chi connectivity index (χ1n) is 6.47. The number of carbonyl (C=O) groups is 1. The molecule has 4 nitrogen and oxygen atoms in total. The van der Waals surface area contributed by atoms with Gasteiger partial charge in [0.05, 0.1) is 18.4 Å². The van der Waals surface area contributed by atoms with Crippen LogP contribution in [0.5, 0.6) is 0 Å². The molecule has 0 bridgehead atoms. The monoisotopic (exact) mass is 258 g/mol. The lowest BCUT2D eigenvalue weighted by molar-refractivity contribution is 0.0601. The minimum atomic E-state index is -0.322. The van der Waals surface area contributed by atoms with Crippen LogP contribution in [0, 0.1) is 0 Å². The largest absolute Gasteiger partial charge is 0.465 e. The van der Waals surface area contributed by atoms with Crippen molar-refractivity contribution in [3.05, 3.63) is 41.6 Å². The first-order valence-corrected chi connectivity index (χ1v) is 6.47. The fourth-order valence-electron chi connectivity index (χ4n) is 1.90. The smallest absolute Gasteiger partial charge is 0.337 e. The number of nitrogens with one attached hydrogen (secondary N) is 1. The van der Waals surface area contributed by atoms with Crippen molar-refractivity contribution in [2.75, 3.05) is 7.11 Å². The molecule has 2 aromatic rings. The molecule has 0 radical (unpaired) electrons.